The zero-order chi connectivity index (χ0) is 15.2. The summed E-state index contributed by atoms with van der Waals surface area (Å²) in [6.07, 6.45) is 0. The van der Waals surface area contributed by atoms with Crippen molar-refractivity contribution >= 4 is 7.60 Å². The maximum absolute atomic E-state index is 12.5. The van der Waals surface area contributed by atoms with E-state index in [4.69, 9.17) is 19.5 Å². The van der Waals surface area contributed by atoms with Crippen LogP contribution < -0.4 is 10.5 Å². The number of ether oxygens (including phenoxy) is 1. The summed E-state index contributed by atoms with van der Waals surface area (Å²) in [5, 5.41) is 10.3. The minimum Gasteiger partial charge on any atom is -0.496 e. The monoisotopic (exact) mass is 303 g/mol. The molecule has 2 atom stereocenters. The van der Waals surface area contributed by atoms with E-state index in [1.807, 2.05) is 0 Å². The number of aliphatic hydroxyl groups is 1. The van der Waals surface area contributed by atoms with Gasteiger partial charge in [-0.3, -0.25) is 4.57 Å². The number of hydrogen-bond acceptors (Lipinski definition) is 6. The van der Waals surface area contributed by atoms with Crippen LogP contribution in [0.4, 0.5) is 0 Å². The zero-order valence-electron chi connectivity index (χ0n) is 12.0. The first-order valence-electron chi connectivity index (χ1n) is 6.45. The van der Waals surface area contributed by atoms with Crippen LogP contribution in [-0.2, 0) is 13.6 Å². The number of nitrogens with two attached hydrogens (primary N) is 1. The van der Waals surface area contributed by atoms with E-state index >= 15 is 0 Å². The molecule has 0 bridgehead atoms. The Morgan fingerprint density at radius 3 is 2.30 bits per heavy atom. The van der Waals surface area contributed by atoms with Crippen molar-refractivity contribution in [3.8, 4) is 5.75 Å². The lowest BCUT2D eigenvalue weighted by Crippen LogP contribution is -2.28. The van der Waals surface area contributed by atoms with E-state index in [2.05, 4.69) is 0 Å². The molecule has 0 unspecified atom stereocenters. The van der Waals surface area contributed by atoms with Crippen LogP contribution in [0.5, 0.6) is 5.75 Å². The summed E-state index contributed by atoms with van der Waals surface area (Å²) in [5.41, 5.74) is 6.54. The zero-order valence-corrected chi connectivity index (χ0v) is 12.9. The highest BCUT2D eigenvalue weighted by Gasteiger charge is 2.39. The van der Waals surface area contributed by atoms with Crippen LogP contribution >= 0.6 is 7.60 Å². The minimum atomic E-state index is -3.69. The first kappa shape index (κ1) is 17.1. The van der Waals surface area contributed by atoms with Crippen molar-refractivity contribution in [1.82, 2.24) is 0 Å². The van der Waals surface area contributed by atoms with Gasteiger partial charge < -0.3 is 24.6 Å². The molecule has 0 aliphatic heterocycles. The molecule has 6 nitrogen and oxygen atoms in total. The van der Waals surface area contributed by atoms with E-state index in [-0.39, 0.29) is 13.2 Å². The number of benzene rings is 1. The summed E-state index contributed by atoms with van der Waals surface area (Å²) >= 11 is 0. The van der Waals surface area contributed by atoms with Crippen LogP contribution in [0, 0.1) is 0 Å². The standard InChI is InChI=1S/C13H22NO5P/c1-4-18-20(16,19-5-2)13(15)12(14)10-8-6-7-9-11(10)17-3/h6-9,12-13,15H,4-5,14H2,1-3H3/t12-,13+/m0/s1. The Kier molecular flexibility index (Phi) is 6.65. The van der Waals surface area contributed by atoms with E-state index < -0.39 is 19.5 Å². The third-order valence-corrected chi connectivity index (χ3v) is 4.97. The van der Waals surface area contributed by atoms with Gasteiger partial charge in [0.1, 0.15) is 5.75 Å². The van der Waals surface area contributed by atoms with Crippen LogP contribution in [0.15, 0.2) is 24.3 Å². The van der Waals surface area contributed by atoms with Gasteiger partial charge in [0.15, 0.2) is 5.85 Å². The van der Waals surface area contributed by atoms with Crippen LogP contribution in [0.3, 0.4) is 0 Å². The van der Waals surface area contributed by atoms with E-state index in [9.17, 15) is 9.67 Å². The van der Waals surface area contributed by atoms with Gasteiger partial charge >= 0.3 is 7.60 Å². The lowest BCUT2D eigenvalue weighted by Gasteiger charge is -2.27. The van der Waals surface area contributed by atoms with Gasteiger partial charge in [-0.25, -0.2) is 0 Å². The molecule has 0 spiro atoms. The van der Waals surface area contributed by atoms with Gasteiger partial charge in [0.25, 0.3) is 0 Å². The first-order valence-corrected chi connectivity index (χ1v) is 8.06. The van der Waals surface area contributed by atoms with Crippen molar-refractivity contribution in [1.29, 1.82) is 0 Å². The molecule has 1 aromatic carbocycles. The molecule has 0 aromatic heterocycles. The Labute approximate surface area is 119 Å². The summed E-state index contributed by atoms with van der Waals surface area (Å²) in [7, 11) is -2.18. The minimum absolute atomic E-state index is 0.160. The Balaban J connectivity index is 3.05. The van der Waals surface area contributed by atoms with Gasteiger partial charge in [0, 0.05) is 5.56 Å². The van der Waals surface area contributed by atoms with Crippen LogP contribution in [0.2, 0.25) is 0 Å². The van der Waals surface area contributed by atoms with E-state index in [0.717, 1.165) is 0 Å². The molecule has 0 aliphatic rings. The molecule has 0 heterocycles. The number of rotatable bonds is 8. The third-order valence-electron chi connectivity index (χ3n) is 2.76. The van der Waals surface area contributed by atoms with Gasteiger partial charge in [0.2, 0.25) is 0 Å². The molecule has 0 saturated carbocycles. The molecular formula is C13H22NO5P. The van der Waals surface area contributed by atoms with Crippen molar-refractivity contribution in [2.45, 2.75) is 25.7 Å². The van der Waals surface area contributed by atoms with Crippen molar-refractivity contribution in [2.24, 2.45) is 5.73 Å². The summed E-state index contributed by atoms with van der Waals surface area (Å²) in [6, 6.07) is 6.03. The normalized spacial score (nSPS) is 14.8. The first-order chi connectivity index (χ1) is 9.50. The van der Waals surface area contributed by atoms with Gasteiger partial charge in [-0.1, -0.05) is 18.2 Å². The number of aliphatic hydroxyl groups excluding tert-OH is 1. The molecule has 114 valence electrons. The Hall–Kier alpha value is -0.910. The topological polar surface area (TPSA) is 91.0 Å². The van der Waals surface area contributed by atoms with Gasteiger partial charge in [0.05, 0.1) is 26.4 Å². The quantitative estimate of drug-likeness (QED) is 0.716. The second-order valence-corrected chi connectivity index (χ2v) is 6.18. The molecule has 0 radical (unpaired) electrons. The van der Waals surface area contributed by atoms with E-state index in [1.54, 1.807) is 38.1 Å². The summed E-state index contributed by atoms with van der Waals surface area (Å²) in [5.74, 6) is -0.947. The van der Waals surface area contributed by atoms with Crippen molar-refractivity contribution in [2.75, 3.05) is 20.3 Å². The van der Waals surface area contributed by atoms with E-state index in [0.29, 0.717) is 11.3 Å². The fraction of sp³-hybridized carbons (Fsp3) is 0.538. The maximum Gasteiger partial charge on any atom is 0.360 e. The Bertz CT molecular complexity index is 458. The van der Waals surface area contributed by atoms with Crippen LogP contribution in [0.25, 0.3) is 0 Å². The SMILES string of the molecule is CCOP(=O)(OCC)[C@@H](O)[C@@H](N)c1ccccc1OC. The number of para-hydroxylation sites is 1. The fourth-order valence-electron chi connectivity index (χ4n) is 1.85. The molecule has 0 saturated heterocycles. The second kappa shape index (κ2) is 7.76. The molecule has 3 N–H and O–H groups in total. The Morgan fingerprint density at radius 2 is 1.80 bits per heavy atom. The van der Waals surface area contributed by atoms with Gasteiger partial charge in [-0.2, -0.15) is 0 Å². The largest absolute Gasteiger partial charge is 0.496 e. The summed E-state index contributed by atoms with van der Waals surface area (Å²) in [4.78, 5) is 0. The second-order valence-electron chi connectivity index (χ2n) is 4.06. The molecule has 0 aliphatic carbocycles. The van der Waals surface area contributed by atoms with Crippen molar-refractivity contribution < 1.29 is 23.5 Å². The van der Waals surface area contributed by atoms with Gasteiger partial charge in [-0.05, 0) is 19.9 Å². The highest BCUT2D eigenvalue weighted by Crippen LogP contribution is 2.55. The lowest BCUT2D eigenvalue weighted by atomic mass is 10.1. The molecule has 0 fully saturated rings. The highest BCUT2D eigenvalue weighted by atomic mass is 31.2. The van der Waals surface area contributed by atoms with Gasteiger partial charge in [-0.15, -0.1) is 0 Å². The molecule has 7 heteroatoms. The number of methoxy groups -OCH3 is 1. The van der Waals surface area contributed by atoms with Crippen molar-refractivity contribution in [3.63, 3.8) is 0 Å². The number of hydrogen-bond donors (Lipinski definition) is 2. The molecular weight excluding hydrogens is 281 g/mol. The highest BCUT2D eigenvalue weighted by molar-refractivity contribution is 7.54. The molecule has 1 rings (SSSR count). The molecule has 20 heavy (non-hydrogen) atoms. The molecule has 1 aromatic rings. The maximum atomic E-state index is 12.5. The molecule has 0 amide bonds. The van der Waals surface area contributed by atoms with E-state index in [1.165, 1.54) is 7.11 Å². The average Bonchev–Trinajstić information content (AvgIpc) is 2.46. The Morgan fingerprint density at radius 1 is 1.25 bits per heavy atom. The van der Waals surface area contributed by atoms with Crippen LogP contribution in [0.1, 0.15) is 25.5 Å². The van der Waals surface area contributed by atoms with Crippen LogP contribution in [-0.4, -0.2) is 31.3 Å². The third kappa shape index (κ3) is 3.81. The average molecular weight is 303 g/mol. The summed E-state index contributed by atoms with van der Waals surface area (Å²) < 4.78 is 27.9. The fourth-order valence-corrected chi connectivity index (χ4v) is 3.50. The smallest absolute Gasteiger partial charge is 0.360 e. The predicted octanol–water partition coefficient (Wildman–Crippen LogP) is 2.28. The lowest BCUT2D eigenvalue weighted by molar-refractivity contribution is 0.133. The summed E-state index contributed by atoms with van der Waals surface area (Å²) in [6.45, 7) is 3.67. The predicted molar refractivity (Wildman–Crippen MR) is 76.8 cm³/mol. The van der Waals surface area contributed by atoms with Crippen molar-refractivity contribution in [3.05, 3.63) is 29.8 Å².